The van der Waals surface area contributed by atoms with Crippen LogP contribution < -0.4 is 5.32 Å². The van der Waals surface area contributed by atoms with E-state index in [0.717, 1.165) is 51.0 Å². The second kappa shape index (κ2) is 10.7. The highest BCUT2D eigenvalue weighted by Crippen LogP contribution is 2.35. The summed E-state index contributed by atoms with van der Waals surface area (Å²) < 4.78 is 14.3. The van der Waals surface area contributed by atoms with Gasteiger partial charge in [0.2, 0.25) is 0 Å². The summed E-state index contributed by atoms with van der Waals surface area (Å²) in [4.78, 5) is 2.37. The van der Waals surface area contributed by atoms with Crippen molar-refractivity contribution in [2.24, 2.45) is 0 Å². The zero-order chi connectivity index (χ0) is 14.5. The summed E-state index contributed by atoms with van der Waals surface area (Å²) in [5.41, 5.74) is 1.65. The van der Waals surface area contributed by atoms with Crippen LogP contribution in [0.5, 0.6) is 0 Å². The third-order valence-electron chi connectivity index (χ3n) is 4.08. The lowest BCUT2D eigenvalue weighted by atomic mass is 9.96. The van der Waals surface area contributed by atoms with E-state index in [2.05, 4.69) is 17.1 Å². The summed E-state index contributed by atoms with van der Waals surface area (Å²) in [6, 6.07) is 3.41. The molecule has 1 fully saturated rings. The van der Waals surface area contributed by atoms with E-state index < -0.39 is 0 Å². The van der Waals surface area contributed by atoms with Crippen LogP contribution in [0.15, 0.2) is 12.1 Å². The van der Waals surface area contributed by atoms with Gasteiger partial charge in [-0.2, -0.15) is 0 Å². The molecule has 1 aromatic rings. The van der Waals surface area contributed by atoms with E-state index in [1.807, 2.05) is 6.92 Å². The van der Waals surface area contributed by atoms with Crippen LogP contribution in [0.1, 0.15) is 43.4 Å². The molecule has 0 spiro atoms. The van der Waals surface area contributed by atoms with E-state index in [9.17, 15) is 4.39 Å². The highest BCUT2D eigenvalue weighted by atomic mass is 35.5. The van der Waals surface area contributed by atoms with Crippen molar-refractivity contribution in [3.8, 4) is 0 Å². The summed E-state index contributed by atoms with van der Waals surface area (Å²) in [7, 11) is 0. The Morgan fingerprint density at radius 3 is 2.50 bits per heavy atom. The van der Waals surface area contributed by atoms with Gasteiger partial charge in [-0.05, 0) is 25.0 Å². The molecule has 1 saturated heterocycles. The molecule has 128 valence electrons. The van der Waals surface area contributed by atoms with Crippen LogP contribution in [0.3, 0.4) is 0 Å². The fraction of sp³-hybridized carbons (Fsp3) is 0.625. The lowest BCUT2D eigenvalue weighted by Gasteiger charge is -2.36. The first kappa shape index (κ1) is 21.9. The number of piperazine rings is 1. The molecule has 0 saturated carbocycles. The second-order valence-electron chi connectivity index (χ2n) is 5.54. The van der Waals surface area contributed by atoms with Gasteiger partial charge < -0.3 is 5.32 Å². The van der Waals surface area contributed by atoms with Crippen LogP contribution in [0.2, 0.25) is 5.02 Å². The number of nitrogens with zero attached hydrogens (tertiary/aromatic N) is 1. The van der Waals surface area contributed by atoms with Gasteiger partial charge >= 0.3 is 0 Å². The minimum absolute atomic E-state index is 0. The molecule has 1 aliphatic heterocycles. The number of rotatable bonds is 5. The quantitative estimate of drug-likeness (QED) is 0.802. The minimum atomic E-state index is -0.166. The number of aryl methyl sites for hydroxylation is 1. The maximum Gasteiger partial charge on any atom is 0.129 e. The van der Waals surface area contributed by atoms with Gasteiger partial charge in [0.25, 0.3) is 0 Å². The number of unbranched alkanes of at least 4 members (excludes halogenated alkanes) is 1. The van der Waals surface area contributed by atoms with Gasteiger partial charge in [0.15, 0.2) is 0 Å². The fourth-order valence-electron chi connectivity index (χ4n) is 2.88. The molecule has 0 unspecified atom stereocenters. The lowest BCUT2D eigenvalue weighted by molar-refractivity contribution is 0.160. The Bertz CT molecular complexity index is 451. The van der Waals surface area contributed by atoms with Crippen LogP contribution in [-0.4, -0.2) is 31.1 Å². The molecule has 6 heteroatoms. The van der Waals surface area contributed by atoms with Gasteiger partial charge in [0.1, 0.15) is 5.82 Å². The van der Waals surface area contributed by atoms with E-state index in [-0.39, 0.29) is 36.7 Å². The Labute approximate surface area is 150 Å². The molecular formula is C16H26Cl3FN2. The summed E-state index contributed by atoms with van der Waals surface area (Å²) in [5.74, 6) is -0.166. The molecule has 1 heterocycles. The molecule has 1 aromatic carbocycles. The maximum atomic E-state index is 14.3. The molecule has 1 atom stereocenters. The van der Waals surface area contributed by atoms with Gasteiger partial charge in [-0.3, -0.25) is 4.90 Å². The standard InChI is InChI=1S/C16H24ClFN2.2ClH/c1-3-4-5-14(20-10-8-19-9-11-20)15-13(18)7-6-12(2)16(15)17;;/h6-7,14,19H,3-5,8-11H2,1-2H3;2*1H/t14-;;/m0../s1. The van der Waals surface area contributed by atoms with Crippen molar-refractivity contribution in [2.75, 3.05) is 26.2 Å². The van der Waals surface area contributed by atoms with Crippen molar-refractivity contribution < 1.29 is 4.39 Å². The van der Waals surface area contributed by atoms with Crippen molar-refractivity contribution in [2.45, 2.75) is 39.2 Å². The Hall–Kier alpha value is -0.0600. The summed E-state index contributed by atoms with van der Waals surface area (Å²) in [6.45, 7) is 7.96. The van der Waals surface area contributed by atoms with E-state index in [1.165, 1.54) is 0 Å². The van der Waals surface area contributed by atoms with Gasteiger partial charge in [0.05, 0.1) is 5.02 Å². The molecule has 2 rings (SSSR count). The molecule has 0 bridgehead atoms. The Balaban J connectivity index is 0.00000220. The number of nitrogens with one attached hydrogen (secondary N) is 1. The number of halogens is 4. The Kier molecular flexibility index (Phi) is 10.6. The SMILES string of the molecule is CCCC[C@@H](c1c(F)ccc(C)c1Cl)N1CCNCC1.Cl.Cl. The van der Waals surface area contributed by atoms with Gasteiger partial charge in [-0.25, -0.2) is 4.39 Å². The van der Waals surface area contributed by atoms with Crippen LogP contribution in [-0.2, 0) is 0 Å². The van der Waals surface area contributed by atoms with Crippen molar-refractivity contribution in [1.29, 1.82) is 0 Å². The third kappa shape index (κ3) is 5.24. The average Bonchev–Trinajstić information content (AvgIpc) is 2.47. The van der Waals surface area contributed by atoms with Crippen LogP contribution in [0, 0.1) is 12.7 Å². The topological polar surface area (TPSA) is 15.3 Å². The lowest BCUT2D eigenvalue weighted by Crippen LogP contribution is -2.45. The Morgan fingerprint density at radius 2 is 1.91 bits per heavy atom. The monoisotopic (exact) mass is 370 g/mol. The van der Waals surface area contributed by atoms with Gasteiger partial charge in [-0.15, -0.1) is 24.8 Å². The predicted octanol–water partition coefficient (Wildman–Crippen LogP) is 4.77. The van der Waals surface area contributed by atoms with Crippen molar-refractivity contribution in [1.82, 2.24) is 10.2 Å². The number of hydrogen-bond acceptors (Lipinski definition) is 2. The normalized spacial score (nSPS) is 16.5. The number of benzene rings is 1. The maximum absolute atomic E-state index is 14.3. The van der Waals surface area contributed by atoms with Crippen LogP contribution >= 0.6 is 36.4 Å². The molecule has 1 aliphatic rings. The highest BCUT2D eigenvalue weighted by Gasteiger charge is 2.26. The zero-order valence-electron chi connectivity index (χ0n) is 13.2. The van der Waals surface area contributed by atoms with E-state index in [4.69, 9.17) is 11.6 Å². The molecule has 0 aliphatic carbocycles. The van der Waals surface area contributed by atoms with Crippen molar-refractivity contribution >= 4 is 36.4 Å². The van der Waals surface area contributed by atoms with Crippen LogP contribution in [0.25, 0.3) is 0 Å². The summed E-state index contributed by atoms with van der Waals surface area (Å²) >= 11 is 6.41. The predicted molar refractivity (Wildman–Crippen MR) is 97.4 cm³/mol. The van der Waals surface area contributed by atoms with Gasteiger partial charge in [0, 0.05) is 37.8 Å². The molecular weight excluding hydrogens is 346 g/mol. The first-order valence-corrected chi connectivity index (χ1v) is 7.92. The number of hydrogen-bond donors (Lipinski definition) is 1. The smallest absolute Gasteiger partial charge is 0.129 e. The molecule has 1 N–H and O–H groups in total. The fourth-order valence-corrected chi connectivity index (χ4v) is 3.16. The highest BCUT2D eigenvalue weighted by molar-refractivity contribution is 6.32. The van der Waals surface area contributed by atoms with E-state index in [0.29, 0.717) is 10.6 Å². The molecule has 0 amide bonds. The second-order valence-corrected chi connectivity index (χ2v) is 5.91. The third-order valence-corrected chi connectivity index (χ3v) is 4.58. The van der Waals surface area contributed by atoms with Crippen molar-refractivity contribution in [3.63, 3.8) is 0 Å². The average molecular weight is 372 g/mol. The van der Waals surface area contributed by atoms with E-state index >= 15 is 0 Å². The zero-order valence-corrected chi connectivity index (χ0v) is 15.6. The van der Waals surface area contributed by atoms with Crippen LogP contribution in [0.4, 0.5) is 4.39 Å². The first-order valence-electron chi connectivity index (χ1n) is 7.54. The van der Waals surface area contributed by atoms with Crippen molar-refractivity contribution in [3.05, 3.63) is 34.1 Å². The molecule has 0 radical (unpaired) electrons. The minimum Gasteiger partial charge on any atom is -0.314 e. The summed E-state index contributed by atoms with van der Waals surface area (Å²) in [5, 5.41) is 3.95. The molecule has 22 heavy (non-hydrogen) atoms. The largest absolute Gasteiger partial charge is 0.314 e. The van der Waals surface area contributed by atoms with Gasteiger partial charge in [-0.1, -0.05) is 37.4 Å². The molecule has 2 nitrogen and oxygen atoms in total. The first-order chi connectivity index (χ1) is 9.65. The van der Waals surface area contributed by atoms with E-state index in [1.54, 1.807) is 12.1 Å². The molecule has 0 aromatic heterocycles. The summed E-state index contributed by atoms with van der Waals surface area (Å²) in [6.07, 6.45) is 3.18. The Morgan fingerprint density at radius 1 is 1.27 bits per heavy atom.